The van der Waals surface area contributed by atoms with Gasteiger partial charge in [0.1, 0.15) is 11.8 Å². The van der Waals surface area contributed by atoms with Crippen molar-refractivity contribution in [2.45, 2.75) is 51.2 Å². The third kappa shape index (κ3) is 5.98. The van der Waals surface area contributed by atoms with Gasteiger partial charge in [-0.15, -0.1) is 0 Å². The molecule has 0 bridgehead atoms. The number of hydrogen-bond acceptors (Lipinski definition) is 7. The molecule has 182 valence electrons. The number of rotatable bonds is 8. The molecule has 1 fully saturated rings. The number of nitrogens with two attached hydrogens (primary N) is 1. The normalized spacial score (nSPS) is 18.3. The van der Waals surface area contributed by atoms with Crippen LogP contribution >= 0.6 is 11.8 Å². The Hall–Kier alpha value is -2.85. The number of urea groups is 1. The predicted molar refractivity (Wildman–Crippen MR) is 137 cm³/mol. The summed E-state index contributed by atoms with van der Waals surface area (Å²) in [7, 11) is 0. The van der Waals surface area contributed by atoms with Crippen molar-refractivity contribution in [2.24, 2.45) is 0 Å². The van der Waals surface area contributed by atoms with Crippen molar-refractivity contribution >= 4 is 40.5 Å². The second-order valence-corrected chi connectivity index (χ2v) is 10.7. The average Bonchev–Trinajstić information content (AvgIpc) is 3.43. The molecule has 4 rings (SSSR count). The molecule has 3 heterocycles. The largest absolute Gasteiger partial charge is 0.382 e. The fourth-order valence-electron chi connectivity index (χ4n) is 3.95. The van der Waals surface area contributed by atoms with Crippen molar-refractivity contribution in [1.82, 2.24) is 24.8 Å². The Morgan fingerprint density at radius 1 is 1.24 bits per heavy atom. The number of fused-ring (bicyclic) bond motifs is 1. The molecule has 0 spiro atoms. The number of nitrogens with one attached hydrogen (secondary N) is 2. The number of thioether (sulfide) groups is 1. The van der Waals surface area contributed by atoms with Gasteiger partial charge in [0.2, 0.25) is 0 Å². The lowest BCUT2D eigenvalue weighted by atomic mass is 9.87. The van der Waals surface area contributed by atoms with Crippen LogP contribution < -0.4 is 16.4 Å². The first kappa shape index (κ1) is 24.3. The van der Waals surface area contributed by atoms with Crippen molar-refractivity contribution in [2.75, 3.05) is 35.7 Å². The number of hydrogen-bond donors (Lipinski definition) is 3. The first-order valence-electron chi connectivity index (χ1n) is 11.6. The second-order valence-electron chi connectivity index (χ2n) is 9.56. The fourth-order valence-corrected chi connectivity index (χ4v) is 4.96. The molecule has 1 aliphatic rings. The van der Waals surface area contributed by atoms with E-state index in [4.69, 9.17) is 10.5 Å². The second kappa shape index (κ2) is 10.6. The van der Waals surface area contributed by atoms with E-state index in [1.807, 2.05) is 28.5 Å². The van der Waals surface area contributed by atoms with Crippen LogP contribution in [0.4, 0.5) is 16.3 Å². The summed E-state index contributed by atoms with van der Waals surface area (Å²) in [5, 5.41) is 5.81. The first-order chi connectivity index (χ1) is 16.3. The third-order valence-corrected chi connectivity index (χ3v) is 7.09. The van der Waals surface area contributed by atoms with Gasteiger partial charge in [0, 0.05) is 18.0 Å². The third-order valence-electron chi connectivity index (χ3n) is 5.90. The molecule has 1 aliphatic heterocycles. The molecule has 2 amide bonds. The van der Waals surface area contributed by atoms with Crippen LogP contribution in [0.1, 0.15) is 45.2 Å². The topological polar surface area (TPSA) is 120 Å². The summed E-state index contributed by atoms with van der Waals surface area (Å²) in [5.74, 6) is 2.28. The SMILES string of the molecule is CC(C)(C)c1ccc(NC(=O)NCCCSCC2CC(n3cnc4c(N)ncnc43)CO2)cc1. The van der Waals surface area contributed by atoms with E-state index in [2.05, 4.69) is 58.5 Å². The minimum atomic E-state index is -0.174. The van der Waals surface area contributed by atoms with Crippen LogP contribution in [0.3, 0.4) is 0 Å². The number of carbonyl (C=O) groups excluding carboxylic acids is 1. The van der Waals surface area contributed by atoms with Crippen molar-refractivity contribution in [3.8, 4) is 0 Å². The van der Waals surface area contributed by atoms with Crippen molar-refractivity contribution in [1.29, 1.82) is 0 Å². The van der Waals surface area contributed by atoms with Gasteiger partial charge in [-0.25, -0.2) is 19.7 Å². The lowest BCUT2D eigenvalue weighted by molar-refractivity contribution is 0.124. The zero-order valence-electron chi connectivity index (χ0n) is 20.0. The van der Waals surface area contributed by atoms with E-state index in [1.165, 1.54) is 11.9 Å². The Labute approximate surface area is 204 Å². The molecule has 2 unspecified atom stereocenters. The zero-order valence-corrected chi connectivity index (χ0v) is 20.8. The summed E-state index contributed by atoms with van der Waals surface area (Å²) in [5.41, 5.74) is 9.41. The van der Waals surface area contributed by atoms with Crippen molar-refractivity contribution in [3.63, 3.8) is 0 Å². The summed E-state index contributed by atoms with van der Waals surface area (Å²) >= 11 is 1.85. The summed E-state index contributed by atoms with van der Waals surface area (Å²) < 4.78 is 8.02. The Kier molecular flexibility index (Phi) is 7.57. The summed E-state index contributed by atoms with van der Waals surface area (Å²) in [6, 6.07) is 8.03. The molecule has 0 saturated carbocycles. The van der Waals surface area contributed by atoms with Gasteiger partial charge in [0.05, 0.1) is 25.1 Å². The highest BCUT2D eigenvalue weighted by Gasteiger charge is 2.28. The molecule has 4 N–H and O–H groups in total. The highest BCUT2D eigenvalue weighted by atomic mass is 32.2. The molecule has 2 aromatic heterocycles. The van der Waals surface area contributed by atoms with Crippen LogP contribution in [0.2, 0.25) is 0 Å². The number of carbonyl (C=O) groups is 1. The zero-order chi connectivity index (χ0) is 24.1. The Bertz CT molecular complexity index is 1110. The number of imidazole rings is 1. The quantitative estimate of drug-likeness (QED) is 0.415. The van der Waals surface area contributed by atoms with Crippen molar-refractivity contribution < 1.29 is 9.53 Å². The smallest absolute Gasteiger partial charge is 0.319 e. The minimum absolute atomic E-state index is 0.0975. The van der Waals surface area contributed by atoms with E-state index in [1.54, 1.807) is 6.33 Å². The highest BCUT2D eigenvalue weighted by Crippen LogP contribution is 2.29. The molecular weight excluding hydrogens is 450 g/mol. The van der Waals surface area contributed by atoms with Crippen LogP contribution in [0.25, 0.3) is 11.2 Å². The van der Waals surface area contributed by atoms with Crippen LogP contribution in [0.5, 0.6) is 0 Å². The fraction of sp³-hybridized carbons (Fsp3) is 0.500. The van der Waals surface area contributed by atoms with Gasteiger partial charge in [-0.2, -0.15) is 11.8 Å². The summed E-state index contributed by atoms with van der Waals surface area (Å²) in [6.45, 7) is 7.79. The van der Waals surface area contributed by atoms with Gasteiger partial charge >= 0.3 is 6.03 Å². The monoisotopic (exact) mass is 483 g/mol. The number of nitrogens with zero attached hydrogens (tertiary/aromatic N) is 4. The molecular formula is C24H33N7O2S. The standard InChI is InChI=1S/C24H33N7O2S/c1-24(2,3)16-5-7-17(8-6-16)30-23(32)26-9-4-10-34-13-19-11-18(12-33-19)31-15-29-20-21(25)27-14-28-22(20)31/h5-8,14-15,18-19H,4,9-13H2,1-3H3,(H2,25,27,28)(H2,26,30,32). The molecule has 2 atom stereocenters. The molecule has 10 heteroatoms. The van der Waals surface area contributed by atoms with Crippen molar-refractivity contribution in [3.05, 3.63) is 42.5 Å². The number of nitrogen functional groups attached to an aromatic ring is 1. The number of ether oxygens (including phenoxy) is 1. The molecule has 0 aliphatic carbocycles. The molecule has 1 aromatic carbocycles. The van der Waals surface area contributed by atoms with E-state index < -0.39 is 0 Å². The molecule has 0 radical (unpaired) electrons. The van der Waals surface area contributed by atoms with Gasteiger partial charge in [-0.3, -0.25) is 0 Å². The van der Waals surface area contributed by atoms with Gasteiger partial charge < -0.3 is 25.7 Å². The summed E-state index contributed by atoms with van der Waals surface area (Å²) in [4.78, 5) is 24.8. The molecule has 1 saturated heterocycles. The number of anilines is 2. The average molecular weight is 484 g/mol. The van der Waals surface area contributed by atoms with Gasteiger partial charge in [-0.05, 0) is 41.7 Å². The van der Waals surface area contributed by atoms with E-state index in [-0.39, 0.29) is 23.6 Å². The molecule has 9 nitrogen and oxygen atoms in total. The minimum Gasteiger partial charge on any atom is -0.382 e. The maximum absolute atomic E-state index is 12.1. The van der Waals surface area contributed by atoms with E-state index in [9.17, 15) is 4.79 Å². The van der Waals surface area contributed by atoms with Crippen LogP contribution in [0.15, 0.2) is 36.9 Å². The number of benzene rings is 1. The van der Waals surface area contributed by atoms with Crippen LogP contribution in [-0.2, 0) is 10.2 Å². The van der Waals surface area contributed by atoms with Crippen LogP contribution in [-0.4, -0.2) is 56.3 Å². The van der Waals surface area contributed by atoms with E-state index in [0.29, 0.717) is 24.5 Å². The lowest BCUT2D eigenvalue weighted by Crippen LogP contribution is -2.29. The van der Waals surface area contributed by atoms with Gasteiger partial charge in [0.25, 0.3) is 0 Å². The van der Waals surface area contributed by atoms with E-state index in [0.717, 1.165) is 35.7 Å². The summed E-state index contributed by atoms with van der Waals surface area (Å²) in [6.07, 6.45) is 5.25. The van der Waals surface area contributed by atoms with Crippen LogP contribution in [0, 0.1) is 0 Å². The number of aromatic nitrogens is 4. The van der Waals surface area contributed by atoms with Gasteiger partial charge in [0.15, 0.2) is 11.5 Å². The highest BCUT2D eigenvalue weighted by molar-refractivity contribution is 7.99. The molecule has 34 heavy (non-hydrogen) atoms. The maximum atomic E-state index is 12.1. The predicted octanol–water partition coefficient (Wildman–Crippen LogP) is 3.98. The van der Waals surface area contributed by atoms with E-state index >= 15 is 0 Å². The Morgan fingerprint density at radius 2 is 2.03 bits per heavy atom. The maximum Gasteiger partial charge on any atom is 0.319 e. The molecule has 3 aromatic rings. The lowest BCUT2D eigenvalue weighted by Gasteiger charge is -2.19. The number of amides is 2. The van der Waals surface area contributed by atoms with Gasteiger partial charge in [-0.1, -0.05) is 32.9 Å². The first-order valence-corrected chi connectivity index (χ1v) is 12.7. The Morgan fingerprint density at radius 3 is 2.79 bits per heavy atom. The Balaban J connectivity index is 1.11.